The van der Waals surface area contributed by atoms with Gasteiger partial charge in [-0.3, -0.25) is 4.79 Å². The highest BCUT2D eigenvalue weighted by Crippen LogP contribution is 2.34. The van der Waals surface area contributed by atoms with E-state index in [0.29, 0.717) is 46.8 Å². The molecule has 9 heteroatoms. The standard InChI is InChI=1S/C29H34BrN3O5/c1-7-10-21-13-20(14-25(36-9-3)27(21)37-17-26(34)38-18(4)5)16-31-33-28(19(6)8-2)32-24-12-11-22(30)15-23(24)29(33)35/h7,11-16,18-19H,1,8-10,17H2,2-6H3/t19-/m0/s1. The average Bonchev–Trinajstić information content (AvgIpc) is 2.87. The molecule has 8 nitrogen and oxygen atoms in total. The van der Waals surface area contributed by atoms with Crippen molar-refractivity contribution in [2.24, 2.45) is 5.10 Å². The minimum absolute atomic E-state index is 0.0181. The van der Waals surface area contributed by atoms with Gasteiger partial charge in [-0.15, -0.1) is 6.58 Å². The number of carbonyl (C=O) groups is 1. The van der Waals surface area contributed by atoms with Crippen LogP contribution in [0.1, 0.15) is 63.9 Å². The van der Waals surface area contributed by atoms with Crippen molar-refractivity contribution < 1.29 is 19.0 Å². The zero-order chi connectivity index (χ0) is 27.8. The first-order valence-corrected chi connectivity index (χ1v) is 13.5. The van der Waals surface area contributed by atoms with E-state index in [0.717, 1.165) is 16.5 Å². The lowest BCUT2D eigenvalue weighted by molar-refractivity contribution is -0.149. The summed E-state index contributed by atoms with van der Waals surface area (Å²) in [5.41, 5.74) is 1.84. The molecule has 3 rings (SSSR count). The van der Waals surface area contributed by atoms with Crippen molar-refractivity contribution >= 4 is 39.0 Å². The van der Waals surface area contributed by atoms with Crippen LogP contribution in [-0.2, 0) is 16.0 Å². The number of halogens is 1. The van der Waals surface area contributed by atoms with Crippen LogP contribution >= 0.6 is 15.9 Å². The molecule has 1 atom stereocenters. The molecule has 1 heterocycles. The lowest BCUT2D eigenvalue weighted by Gasteiger charge is -2.17. The molecule has 0 aliphatic heterocycles. The maximum Gasteiger partial charge on any atom is 0.344 e. The van der Waals surface area contributed by atoms with Crippen molar-refractivity contribution in [2.45, 2.75) is 59.5 Å². The number of hydrogen-bond acceptors (Lipinski definition) is 7. The van der Waals surface area contributed by atoms with Gasteiger partial charge in [-0.05, 0) is 69.5 Å². The van der Waals surface area contributed by atoms with E-state index in [1.807, 2.05) is 39.0 Å². The number of aromatic nitrogens is 2. The molecule has 0 amide bonds. The zero-order valence-corrected chi connectivity index (χ0v) is 24.1. The van der Waals surface area contributed by atoms with E-state index in [1.54, 1.807) is 38.3 Å². The first-order valence-electron chi connectivity index (χ1n) is 12.7. The number of fused-ring (bicyclic) bond motifs is 1. The number of carbonyl (C=O) groups excluding carboxylic acids is 1. The van der Waals surface area contributed by atoms with Crippen LogP contribution < -0.4 is 15.0 Å². The second kappa shape index (κ2) is 13.4. The molecule has 0 N–H and O–H groups in total. The maximum atomic E-state index is 13.4. The topological polar surface area (TPSA) is 92.0 Å². The van der Waals surface area contributed by atoms with Gasteiger partial charge >= 0.3 is 5.97 Å². The number of esters is 1. The van der Waals surface area contributed by atoms with Gasteiger partial charge in [0.1, 0.15) is 5.82 Å². The van der Waals surface area contributed by atoms with Crippen molar-refractivity contribution in [1.29, 1.82) is 0 Å². The molecule has 0 aliphatic carbocycles. The van der Waals surface area contributed by atoms with Crippen molar-refractivity contribution in [3.63, 3.8) is 0 Å². The normalized spacial score (nSPS) is 12.2. The van der Waals surface area contributed by atoms with Crippen LogP contribution in [0.2, 0.25) is 0 Å². The van der Waals surface area contributed by atoms with Crippen LogP contribution in [0.5, 0.6) is 11.5 Å². The largest absolute Gasteiger partial charge is 0.490 e. The fourth-order valence-corrected chi connectivity index (χ4v) is 4.18. The van der Waals surface area contributed by atoms with E-state index < -0.39 is 5.97 Å². The fourth-order valence-electron chi connectivity index (χ4n) is 3.82. The highest BCUT2D eigenvalue weighted by Gasteiger charge is 2.18. The quantitative estimate of drug-likeness (QED) is 0.147. The Labute approximate surface area is 231 Å². The molecule has 2 aromatic carbocycles. The van der Waals surface area contributed by atoms with Crippen LogP contribution in [0.15, 0.2) is 57.4 Å². The Hall–Kier alpha value is -3.46. The first-order chi connectivity index (χ1) is 18.2. The van der Waals surface area contributed by atoms with Gasteiger partial charge in [-0.2, -0.15) is 9.78 Å². The molecule has 0 spiro atoms. The van der Waals surface area contributed by atoms with Gasteiger partial charge in [-0.1, -0.05) is 35.9 Å². The van der Waals surface area contributed by atoms with Crippen molar-refractivity contribution in [3.8, 4) is 11.5 Å². The Bertz CT molecular complexity index is 1400. The third-order valence-electron chi connectivity index (χ3n) is 5.73. The number of ether oxygens (including phenoxy) is 3. The number of allylic oxidation sites excluding steroid dienone is 1. The Morgan fingerprint density at radius 1 is 1.18 bits per heavy atom. The van der Waals surface area contributed by atoms with Crippen molar-refractivity contribution in [2.75, 3.05) is 13.2 Å². The molecule has 0 bridgehead atoms. The smallest absolute Gasteiger partial charge is 0.344 e. The van der Waals surface area contributed by atoms with E-state index in [9.17, 15) is 9.59 Å². The van der Waals surface area contributed by atoms with Crippen LogP contribution in [0, 0.1) is 0 Å². The van der Waals surface area contributed by atoms with Crippen LogP contribution in [-0.4, -0.2) is 41.2 Å². The number of rotatable bonds is 12. The molecule has 0 radical (unpaired) electrons. The molecule has 0 aliphatic rings. The summed E-state index contributed by atoms with van der Waals surface area (Å²) in [6, 6.07) is 9.08. The zero-order valence-electron chi connectivity index (χ0n) is 22.5. The summed E-state index contributed by atoms with van der Waals surface area (Å²) in [4.78, 5) is 30.3. The van der Waals surface area contributed by atoms with Gasteiger partial charge in [-0.25, -0.2) is 9.78 Å². The maximum absolute atomic E-state index is 13.4. The molecule has 38 heavy (non-hydrogen) atoms. The van der Waals surface area contributed by atoms with E-state index in [4.69, 9.17) is 19.2 Å². The third kappa shape index (κ3) is 7.10. The van der Waals surface area contributed by atoms with Gasteiger partial charge < -0.3 is 14.2 Å². The minimum atomic E-state index is -0.468. The van der Waals surface area contributed by atoms with Gasteiger partial charge in [0.25, 0.3) is 5.56 Å². The number of nitrogens with zero attached hydrogens (tertiary/aromatic N) is 3. The number of hydrogen-bond donors (Lipinski definition) is 0. The Kier molecular flexibility index (Phi) is 10.2. The molecule has 0 saturated carbocycles. The van der Waals surface area contributed by atoms with Crippen LogP contribution in [0.4, 0.5) is 0 Å². The summed E-state index contributed by atoms with van der Waals surface area (Å²) in [5, 5.41) is 5.04. The summed E-state index contributed by atoms with van der Waals surface area (Å²) < 4.78 is 19.0. The lowest BCUT2D eigenvalue weighted by Crippen LogP contribution is -2.23. The summed E-state index contributed by atoms with van der Waals surface area (Å²) in [7, 11) is 0. The van der Waals surface area contributed by atoms with Gasteiger partial charge in [0.15, 0.2) is 18.1 Å². The minimum Gasteiger partial charge on any atom is -0.490 e. The summed E-state index contributed by atoms with van der Waals surface area (Å²) >= 11 is 3.44. The highest BCUT2D eigenvalue weighted by molar-refractivity contribution is 9.10. The predicted molar refractivity (Wildman–Crippen MR) is 154 cm³/mol. The number of benzene rings is 2. The highest BCUT2D eigenvalue weighted by atomic mass is 79.9. The van der Waals surface area contributed by atoms with Gasteiger partial charge in [0, 0.05) is 16.0 Å². The molecule has 0 fully saturated rings. The summed E-state index contributed by atoms with van der Waals surface area (Å²) in [5.74, 6) is 1.04. The molecular formula is C29H34BrN3O5. The Balaban J connectivity index is 2.08. The molecule has 0 saturated heterocycles. The fraction of sp³-hybridized carbons (Fsp3) is 0.379. The van der Waals surface area contributed by atoms with E-state index in [2.05, 4.69) is 27.6 Å². The third-order valence-corrected chi connectivity index (χ3v) is 6.22. The molecule has 1 aromatic heterocycles. The van der Waals surface area contributed by atoms with Crippen molar-refractivity contribution in [3.05, 3.63) is 74.8 Å². The van der Waals surface area contributed by atoms with E-state index >= 15 is 0 Å². The van der Waals surface area contributed by atoms with Gasteiger partial charge in [0.2, 0.25) is 0 Å². The second-order valence-corrected chi connectivity index (χ2v) is 9.98. The average molecular weight is 585 g/mol. The molecule has 202 valence electrons. The molecular weight excluding hydrogens is 550 g/mol. The van der Waals surface area contributed by atoms with Crippen molar-refractivity contribution in [1.82, 2.24) is 9.66 Å². The predicted octanol–water partition coefficient (Wildman–Crippen LogP) is 6.01. The van der Waals surface area contributed by atoms with E-state index in [-0.39, 0.29) is 24.2 Å². The first kappa shape index (κ1) is 29.1. The monoisotopic (exact) mass is 583 g/mol. The molecule has 3 aromatic rings. The Morgan fingerprint density at radius 3 is 2.61 bits per heavy atom. The van der Waals surface area contributed by atoms with E-state index in [1.165, 1.54) is 4.68 Å². The van der Waals surface area contributed by atoms with Crippen LogP contribution in [0.3, 0.4) is 0 Å². The SMILES string of the molecule is C=CCc1cc(C=Nn2c([C@@H](C)CC)nc3ccc(Br)cc3c2=O)cc(OCC)c1OCC(=O)OC(C)C. The lowest BCUT2D eigenvalue weighted by atomic mass is 10.1. The molecule has 0 unspecified atom stereocenters. The summed E-state index contributed by atoms with van der Waals surface area (Å²) in [6.45, 7) is 13.5. The Morgan fingerprint density at radius 2 is 1.95 bits per heavy atom. The second-order valence-electron chi connectivity index (χ2n) is 9.06. The summed E-state index contributed by atoms with van der Waals surface area (Å²) in [6.07, 6.45) is 4.37. The van der Waals surface area contributed by atoms with Gasteiger partial charge in [0.05, 0.1) is 29.8 Å². The van der Waals surface area contributed by atoms with Crippen LogP contribution in [0.25, 0.3) is 10.9 Å².